The van der Waals surface area contributed by atoms with Gasteiger partial charge < -0.3 is 9.84 Å². The van der Waals surface area contributed by atoms with Crippen molar-refractivity contribution in [2.75, 3.05) is 6.61 Å². The molecule has 0 spiro atoms. The Labute approximate surface area is 156 Å². The summed E-state index contributed by atoms with van der Waals surface area (Å²) in [6.45, 7) is 3.58. The molecule has 7 nitrogen and oxygen atoms in total. The highest BCUT2D eigenvalue weighted by Crippen LogP contribution is 2.23. The van der Waals surface area contributed by atoms with Gasteiger partial charge in [0.15, 0.2) is 5.78 Å². The largest absolute Gasteiger partial charge is 0.489 e. The third-order valence-corrected chi connectivity index (χ3v) is 3.98. The van der Waals surface area contributed by atoms with Gasteiger partial charge in [0.1, 0.15) is 19.0 Å². The highest BCUT2D eigenvalue weighted by molar-refractivity contribution is 5.97. The van der Waals surface area contributed by atoms with Gasteiger partial charge in [0.05, 0.1) is 7.05 Å². The fourth-order valence-electron chi connectivity index (χ4n) is 2.66. The molecule has 1 N–H and O–H groups in total. The van der Waals surface area contributed by atoms with Gasteiger partial charge in [0.2, 0.25) is 5.82 Å². The summed E-state index contributed by atoms with van der Waals surface area (Å²) in [5.41, 5.74) is 3.12. The van der Waals surface area contributed by atoms with Crippen molar-refractivity contribution in [3.05, 3.63) is 71.8 Å². The Morgan fingerprint density at radius 3 is 2.85 bits per heavy atom. The van der Waals surface area contributed by atoms with Crippen LogP contribution < -0.4 is 4.74 Å². The smallest absolute Gasteiger partial charge is 0.204 e. The van der Waals surface area contributed by atoms with E-state index in [0.29, 0.717) is 30.2 Å². The van der Waals surface area contributed by atoms with Crippen molar-refractivity contribution in [2.24, 2.45) is 7.05 Å². The molecular weight excluding hydrogens is 344 g/mol. The number of carbonyl (C=O) groups excluding carboxylic acids is 1. The summed E-state index contributed by atoms with van der Waals surface area (Å²) in [6.07, 6.45) is 2.31. The molecule has 138 valence electrons. The quantitative estimate of drug-likeness (QED) is 0.487. The maximum Gasteiger partial charge on any atom is 0.204 e. The Morgan fingerprint density at radius 1 is 1.30 bits per heavy atom. The molecular formula is C20H20N4O3. The molecule has 3 rings (SSSR count). The maximum absolute atomic E-state index is 11.7. The number of ketones is 1. The Morgan fingerprint density at radius 2 is 2.15 bits per heavy atom. The minimum Gasteiger partial charge on any atom is -0.489 e. The van der Waals surface area contributed by atoms with E-state index >= 15 is 0 Å². The van der Waals surface area contributed by atoms with Crippen LogP contribution in [0.1, 0.15) is 21.5 Å². The van der Waals surface area contributed by atoms with E-state index in [-0.39, 0.29) is 5.78 Å². The van der Waals surface area contributed by atoms with Gasteiger partial charge in [-0.25, -0.2) is 0 Å². The van der Waals surface area contributed by atoms with Crippen LogP contribution in [0.25, 0.3) is 11.4 Å². The summed E-state index contributed by atoms with van der Waals surface area (Å²) in [5, 5.41) is 21.1. The Hall–Kier alpha value is -3.32. The molecule has 0 bridgehead atoms. The van der Waals surface area contributed by atoms with E-state index in [2.05, 4.69) is 22.0 Å². The molecule has 0 saturated carbocycles. The predicted octanol–water partition coefficient (Wildman–Crippen LogP) is 2.36. The monoisotopic (exact) mass is 364 g/mol. The third kappa shape index (κ3) is 4.45. The molecule has 0 aliphatic rings. The van der Waals surface area contributed by atoms with Gasteiger partial charge in [0, 0.05) is 11.1 Å². The first-order valence-corrected chi connectivity index (χ1v) is 8.44. The van der Waals surface area contributed by atoms with Gasteiger partial charge in [-0.3, -0.25) is 4.79 Å². The van der Waals surface area contributed by atoms with Crippen molar-refractivity contribution < 1.29 is 14.6 Å². The van der Waals surface area contributed by atoms with Crippen LogP contribution in [-0.4, -0.2) is 37.7 Å². The topological polar surface area (TPSA) is 90.1 Å². The number of benzene rings is 2. The predicted molar refractivity (Wildman–Crippen MR) is 100 cm³/mol. The number of carbonyl (C=O) groups is 1. The lowest BCUT2D eigenvalue weighted by Gasteiger charge is -2.12. The van der Waals surface area contributed by atoms with Crippen molar-refractivity contribution in [1.29, 1.82) is 0 Å². The number of aryl methyl sites for hydroxylation is 1. The molecule has 0 amide bonds. The molecule has 0 atom stereocenters. The number of tetrazole rings is 1. The average molecular weight is 364 g/mol. The van der Waals surface area contributed by atoms with E-state index in [1.807, 2.05) is 24.3 Å². The van der Waals surface area contributed by atoms with Crippen LogP contribution in [0.5, 0.6) is 5.75 Å². The molecule has 3 aromatic rings. The standard InChI is InChI=1S/C20H20N4O3/c1-3-5-16-11-15(18(26)12-25)8-9-19(16)27-13-14-6-4-7-17(10-14)20-21-23-24(2)22-20/h3-4,6-11,25H,1,5,12-13H2,2H3. The van der Waals surface area contributed by atoms with Crippen LogP contribution in [0.2, 0.25) is 0 Å². The second kappa shape index (κ2) is 8.37. The molecule has 27 heavy (non-hydrogen) atoms. The van der Waals surface area contributed by atoms with Crippen LogP contribution in [0.3, 0.4) is 0 Å². The van der Waals surface area contributed by atoms with Crippen molar-refractivity contribution >= 4 is 5.78 Å². The number of nitrogens with zero attached hydrogens (tertiary/aromatic N) is 4. The molecule has 0 aliphatic carbocycles. The fraction of sp³-hybridized carbons (Fsp3) is 0.200. The zero-order valence-corrected chi connectivity index (χ0v) is 15.0. The van der Waals surface area contributed by atoms with Gasteiger partial charge in [-0.15, -0.1) is 16.8 Å². The first-order chi connectivity index (χ1) is 13.1. The van der Waals surface area contributed by atoms with Crippen molar-refractivity contribution in [3.63, 3.8) is 0 Å². The van der Waals surface area contributed by atoms with Crippen LogP contribution >= 0.6 is 0 Å². The highest BCUT2D eigenvalue weighted by atomic mass is 16.5. The molecule has 1 aromatic heterocycles. The molecule has 2 aromatic carbocycles. The van der Waals surface area contributed by atoms with Crippen molar-refractivity contribution in [3.8, 4) is 17.1 Å². The normalized spacial score (nSPS) is 10.6. The lowest BCUT2D eigenvalue weighted by atomic mass is 10.0. The van der Waals surface area contributed by atoms with E-state index < -0.39 is 6.61 Å². The fourth-order valence-corrected chi connectivity index (χ4v) is 2.66. The lowest BCUT2D eigenvalue weighted by Crippen LogP contribution is -2.06. The Bertz CT molecular complexity index is 965. The molecule has 0 aliphatic heterocycles. The van der Waals surface area contributed by atoms with Gasteiger partial charge in [0.25, 0.3) is 0 Å². The zero-order valence-electron chi connectivity index (χ0n) is 15.0. The molecule has 0 radical (unpaired) electrons. The SMILES string of the molecule is C=CCc1cc(C(=O)CO)ccc1OCc1cccc(-c2nnn(C)n2)c1. The Kier molecular flexibility index (Phi) is 5.73. The van der Waals surface area contributed by atoms with Crippen LogP contribution in [-0.2, 0) is 20.1 Å². The number of aromatic nitrogens is 4. The summed E-state index contributed by atoms with van der Waals surface area (Å²) < 4.78 is 5.96. The van der Waals surface area contributed by atoms with Crippen LogP contribution in [0.4, 0.5) is 0 Å². The van der Waals surface area contributed by atoms with E-state index in [0.717, 1.165) is 16.7 Å². The maximum atomic E-state index is 11.7. The minimum absolute atomic E-state index is 0.323. The number of hydrogen-bond donors (Lipinski definition) is 1. The first-order valence-electron chi connectivity index (χ1n) is 8.44. The second-order valence-corrected chi connectivity index (χ2v) is 5.99. The van der Waals surface area contributed by atoms with E-state index in [1.54, 1.807) is 31.3 Å². The summed E-state index contributed by atoms with van der Waals surface area (Å²) in [7, 11) is 1.72. The summed E-state index contributed by atoms with van der Waals surface area (Å²) >= 11 is 0. The lowest BCUT2D eigenvalue weighted by molar-refractivity contribution is 0.0903. The minimum atomic E-state index is -0.517. The molecule has 1 heterocycles. The number of allylic oxidation sites excluding steroid dienone is 1. The van der Waals surface area contributed by atoms with Crippen molar-refractivity contribution in [1.82, 2.24) is 20.2 Å². The van der Waals surface area contributed by atoms with Gasteiger partial charge in [-0.2, -0.15) is 4.80 Å². The number of aliphatic hydroxyl groups is 1. The second-order valence-electron chi connectivity index (χ2n) is 5.99. The number of rotatable bonds is 8. The van der Waals surface area contributed by atoms with Gasteiger partial charge >= 0.3 is 0 Å². The summed E-state index contributed by atoms with van der Waals surface area (Å²) in [4.78, 5) is 13.1. The highest BCUT2D eigenvalue weighted by Gasteiger charge is 2.10. The van der Waals surface area contributed by atoms with Crippen LogP contribution in [0.15, 0.2) is 55.1 Å². The molecule has 0 unspecified atom stereocenters. The van der Waals surface area contributed by atoms with E-state index in [9.17, 15) is 4.79 Å². The summed E-state index contributed by atoms with van der Waals surface area (Å²) in [5.74, 6) is 0.905. The molecule has 0 fully saturated rings. The first kappa shape index (κ1) is 18.5. The average Bonchev–Trinajstić information content (AvgIpc) is 3.13. The molecule has 7 heteroatoms. The number of hydrogen-bond acceptors (Lipinski definition) is 6. The van der Waals surface area contributed by atoms with Crippen molar-refractivity contribution in [2.45, 2.75) is 13.0 Å². The number of aliphatic hydroxyl groups excluding tert-OH is 1. The number of ether oxygens (including phenoxy) is 1. The van der Waals surface area contributed by atoms with Crippen LogP contribution in [0, 0.1) is 0 Å². The van der Waals surface area contributed by atoms with Gasteiger partial charge in [-0.05, 0) is 47.0 Å². The Balaban J connectivity index is 1.78. The third-order valence-electron chi connectivity index (χ3n) is 3.98. The number of Topliss-reactive ketones (excluding diaryl/α,β-unsaturated/α-hetero) is 1. The zero-order chi connectivity index (χ0) is 19.2. The van der Waals surface area contributed by atoms with E-state index in [4.69, 9.17) is 9.84 Å². The van der Waals surface area contributed by atoms with E-state index in [1.165, 1.54) is 4.80 Å². The molecule has 0 saturated heterocycles. The van der Waals surface area contributed by atoms with Gasteiger partial charge in [-0.1, -0.05) is 24.3 Å². The summed E-state index contributed by atoms with van der Waals surface area (Å²) in [6, 6.07) is 12.9.